The summed E-state index contributed by atoms with van der Waals surface area (Å²) in [5.74, 6) is 0. The standard InChI is InChI=1S/C11H17BrN2/c1-9-4-5-11(12)6-10(9)7-14(3)8-13-2/h4-6,13H,7-8H2,1-3H3. The summed E-state index contributed by atoms with van der Waals surface area (Å²) in [7, 11) is 4.07. The molecule has 0 aliphatic rings. The number of rotatable bonds is 4. The zero-order chi connectivity index (χ0) is 10.6. The molecule has 0 fully saturated rings. The van der Waals surface area contributed by atoms with Gasteiger partial charge in [0.05, 0.1) is 0 Å². The van der Waals surface area contributed by atoms with Crippen molar-refractivity contribution in [1.29, 1.82) is 0 Å². The first-order valence-electron chi connectivity index (χ1n) is 4.71. The molecular formula is C11H17BrN2. The molecule has 0 heterocycles. The molecule has 2 nitrogen and oxygen atoms in total. The van der Waals surface area contributed by atoms with E-state index in [2.05, 4.69) is 58.3 Å². The first-order chi connectivity index (χ1) is 6.63. The monoisotopic (exact) mass is 256 g/mol. The van der Waals surface area contributed by atoms with Gasteiger partial charge in [0.15, 0.2) is 0 Å². The summed E-state index contributed by atoms with van der Waals surface area (Å²) in [5.41, 5.74) is 2.72. The van der Waals surface area contributed by atoms with Gasteiger partial charge >= 0.3 is 0 Å². The maximum Gasteiger partial charge on any atom is 0.0478 e. The van der Waals surface area contributed by atoms with Crippen molar-refractivity contribution in [1.82, 2.24) is 10.2 Å². The van der Waals surface area contributed by atoms with E-state index < -0.39 is 0 Å². The molecule has 0 radical (unpaired) electrons. The van der Waals surface area contributed by atoms with Crippen molar-refractivity contribution < 1.29 is 0 Å². The third-order valence-electron chi connectivity index (χ3n) is 2.18. The fourth-order valence-electron chi connectivity index (χ4n) is 1.43. The maximum absolute atomic E-state index is 3.49. The van der Waals surface area contributed by atoms with Gasteiger partial charge < -0.3 is 5.32 Å². The molecule has 0 saturated carbocycles. The van der Waals surface area contributed by atoms with Crippen LogP contribution in [0, 0.1) is 6.92 Å². The van der Waals surface area contributed by atoms with Crippen molar-refractivity contribution in [2.24, 2.45) is 0 Å². The minimum atomic E-state index is 0.909. The number of benzene rings is 1. The highest BCUT2D eigenvalue weighted by atomic mass is 79.9. The molecule has 0 atom stereocenters. The summed E-state index contributed by atoms with van der Waals surface area (Å²) in [6.45, 7) is 4.03. The summed E-state index contributed by atoms with van der Waals surface area (Å²) in [6, 6.07) is 6.41. The predicted octanol–water partition coefficient (Wildman–Crippen LogP) is 2.37. The maximum atomic E-state index is 3.49. The van der Waals surface area contributed by atoms with Gasteiger partial charge in [0, 0.05) is 17.7 Å². The Labute approximate surface area is 94.4 Å². The first kappa shape index (κ1) is 11.7. The molecule has 0 aromatic heterocycles. The Morgan fingerprint density at radius 3 is 2.79 bits per heavy atom. The van der Waals surface area contributed by atoms with E-state index in [-0.39, 0.29) is 0 Å². The zero-order valence-corrected chi connectivity index (χ0v) is 10.6. The van der Waals surface area contributed by atoms with Gasteiger partial charge in [-0.3, -0.25) is 4.90 Å². The fraction of sp³-hybridized carbons (Fsp3) is 0.455. The number of hydrogen-bond donors (Lipinski definition) is 1. The summed E-state index contributed by atoms with van der Waals surface area (Å²) in [5, 5.41) is 3.14. The van der Waals surface area contributed by atoms with Crippen LogP contribution in [0.5, 0.6) is 0 Å². The van der Waals surface area contributed by atoms with Crippen LogP contribution in [0.4, 0.5) is 0 Å². The third kappa shape index (κ3) is 3.40. The highest BCUT2D eigenvalue weighted by molar-refractivity contribution is 9.10. The van der Waals surface area contributed by atoms with Crippen LogP contribution in [0.15, 0.2) is 22.7 Å². The molecule has 0 aliphatic heterocycles. The van der Waals surface area contributed by atoms with Gasteiger partial charge in [-0.2, -0.15) is 0 Å². The van der Waals surface area contributed by atoms with Crippen LogP contribution in [0.2, 0.25) is 0 Å². The molecule has 1 aromatic carbocycles. The molecule has 14 heavy (non-hydrogen) atoms. The quantitative estimate of drug-likeness (QED) is 0.833. The molecule has 0 unspecified atom stereocenters. The van der Waals surface area contributed by atoms with Crippen molar-refractivity contribution in [2.45, 2.75) is 13.5 Å². The molecule has 78 valence electrons. The molecule has 1 rings (SSSR count). The molecule has 1 aromatic rings. The van der Waals surface area contributed by atoms with E-state index in [0.717, 1.165) is 17.7 Å². The van der Waals surface area contributed by atoms with Crippen LogP contribution >= 0.6 is 15.9 Å². The van der Waals surface area contributed by atoms with E-state index in [1.54, 1.807) is 0 Å². The lowest BCUT2D eigenvalue weighted by Crippen LogP contribution is -2.28. The largest absolute Gasteiger partial charge is 0.307 e. The topological polar surface area (TPSA) is 15.3 Å². The summed E-state index contributed by atoms with van der Waals surface area (Å²) in [6.07, 6.45) is 0. The van der Waals surface area contributed by atoms with Crippen molar-refractivity contribution in [3.8, 4) is 0 Å². The van der Waals surface area contributed by atoms with Gasteiger partial charge in [0.25, 0.3) is 0 Å². The molecule has 0 bridgehead atoms. The Hall–Kier alpha value is -0.380. The molecular weight excluding hydrogens is 240 g/mol. The summed E-state index contributed by atoms with van der Waals surface area (Å²) in [4.78, 5) is 2.24. The van der Waals surface area contributed by atoms with E-state index in [4.69, 9.17) is 0 Å². The Balaban J connectivity index is 2.70. The summed E-state index contributed by atoms with van der Waals surface area (Å²) < 4.78 is 1.15. The lowest BCUT2D eigenvalue weighted by atomic mass is 10.1. The van der Waals surface area contributed by atoms with Gasteiger partial charge in [0.1, 0.15) is 0 Å². The lowest BCUT2D eigenvalue weighted by Gasteiger charge is -2.17. The van der Waals surface area contributed by atoms with E-state index in [1.165, 1.54) is 11.1 Å². The number of halogens is 1. The van der Waals surface area contributed by atoms with Crippen molar-refractivity contribution in [3.05, 3.63) is 33.8 Å². The van der Waals surface area contributed by atoms with Gasteiger partial charge in [-0.25, -0.2) is 0 Å². The molecule has 0 saturated heterocycles. The normalized spacial score (nSPS) is 10.9. The van der Waals surface area contributed by atoms with Gasteiger partial charge in [-0.05, 0) is 44.3 Å². The van der Waals surface area contributed by atoms with Gasteiger partial charge in [0.2, 0.25) is 0 Å². The first-order valence-corrected chi connectivity index (χ1v) is 5.51. The summed E-state index contributed by atoms with van der Waals surface area (Å²) >= 11 is 3.49. The van der Waals surface area contributed by atoms with Crippen LogP contribution in [0.3, 0.4) is 0 Å². The number of hydrogen-bond acceptors (Lipinski definition) is 2. The molecule has 1 N–H and O–H groups in total. The molecule has 3 heteroatoms. The van der Waals surface area contributed by atoms with Crippen LogP contribution in [0.25, 0.3) is 0 Å². The SMILES string of the molecule is CNCN(C)Cc1cc(Br)ccc1C. The Kier molecular flexibility index (Phi) is 4.58. The average molecular weight is 257 g/mol. The van der Waals surface area contributed by atoms with Crippen LogP contribution in [-0.4, -0.2) is 25.7 Å². The van der Waals surface area contributed by atoms with Gasteiger partial charge in [-0.15, -0.1) is 0 Å². The zero-order valence-electron chi connectivity index (χ0n) is 8.97. The smallest absolute Gasteiger partial charge is 0.0478 e. The fourth-order valence-corrected chi connectivity index (χ4v) is 1.84. The number of aryl methyl sites for hydroxylation is 1. The lowest BCUT2D eigenvalue weighted by molar-refractivity contribution is 0.309. The van der Waals surface area contributed by atoms with E-state index >= 15 is 0 Å². The predicted molar refractivity (Wildman–Crippen MR) is 64.3 cm³/mol. The van der Waals surface area contributed by atoms with Crippen LogP contribution in [-0.2, 0) is 6.54 Å². The van der Waals surface area contributed by atoms with Crippen molar-refractivity contribution in [3.63, 3.8) is 0 Å². The Bertz CT molecular complexity index is 299. The number of nitrogens with one attached hydrogen (secondary N) is 1. The van der Waals surface area contributed by atoms with E-state index in [0.29, 0.717) is 0 Å². The minimum Gasteiger partial charge on any atom is -0.307 e. The highest BCUT2D eigenvalue weighted by Gasteiger charge is 2.02. The van der Waals surface area contributed by atoms with Gasteiger partial charge in [-0.1, -0.05) is 22.0 Å². The molecule has 0 amide bonds. The van der Waals surface area contributed by atoms with Crippen molar-refractivity contribution >= 4 is 15.9 Å². The molecule has 0 spiro atoms. The average Bonchev–Trinajstić information content (AvgIpc) is 2.12. The molecule has 0 aliphatic carbocycles. The van der Waals surface area contributed by atoms with Crippen LogP contribution < -0.4 is 5.32 Å². The van der Waals surface area contributed by atoms with E-state index in [9.17, 15) is 0 Å². The highest BCUT2D eigenvalue weighted by Crippen LogP contribution is 2.16. The van der Waals surface area contributed by atoms with E-state index in [1.807, 2.05) is 7.05 Å². The second-order valence-electron chi connectivity index (χ2n) is 3.60. The Morgan fingerprint density at radius 2 is 2.14 bits per heavy atom. The van der Waals surface area contributed by atoms with Crippen molar-refractivity contribution in [2.75, 3.05) is 20.8 Å². The second-order valence-corrected chi connectivity index (χ2v) is 4.51. The minimum absolute atomic E-state index is 0.909. The van der Waals surface area contributed by atoms with Crippen LogP contribution in [0.1, 0.15) is 11.1 Å². The second kappa shape index (κ2) is 5.49. The third-order valence-corrected chi connectivity index (χ3v) is 2.67. The Morgan fingerprint density at radius 1 is 1.43 bits per heavy atom. The number of nitrogens with zero attached hydrogens (tertiary/aromatic N) is 1.